The molecule has 4 aromatic carbocycles. The summed E-state index contributed by atoms with van der Waals surface area (Å²) >= 11 is 0. The van der Waals surface area contributed by atoms with Crippen LogP contribution in [0.1, 0.15) is 59.6 Å². The van der Waals surface area contributed by atoms with Crippen molar-refractivity contribution in [3.05, 3.63) is 143 Å². The zero-order valence-electron chi connectivity index (χ0n) is 25.6. The summed E-state index contributed by atoms with van der Waals surface area (Å²) in [5.74, 6) is 0. The second-order valence-electron chi connectivity index (χ2n) is 13.0. The summed E-state index contributed by atoms with van der Waals surface area (Å²) in [4.78, 5) is 5.32. The van der Waals surface area contributed by atoms with Crippen molar-refractivity contribution in [2.75, 3.05) is 26.2 Å². The van der Waals surface area contributed by atoms with Gasteiger partial charge in [-0.2, -0.15) is 0 Å². The van der Waals surface area contributed by atoms with Gasteiger partial charge in [0.15, 0.2) is 0 Å². The van der Waals surface area contributed by atoms with Gasteiger partial charge in [-0.25, -0.2) is 0 Å². The molecule has 2 saturated heterocycles. The molecule has 42 heavy (non-hydrogen) atoms. The van der Waals surface area contributed by atoms with Gasteiger partial charge < -0.3 is 5.11 Å². The number of benzene rings is 4. The number of aliphatic hydroxyl groups is 1. The van der Waals surface area contributed by atoms with Crippen molar-refractivity contribution in [1.29, 1.82) is 0 Å². The van der Waals surface area contributed by atoms with E-state index in [2.05, 4.69) is 140 Å². The van der Waals surface area contributed by atoms with E-state index in [1.807, 2.05) is 0 Å². The number of fused-ring (bicyclic) bond motifs is 2. The fourth-order valence-corrected chi connectivity index (χ4v) is 8.27. The molecule has 4 aromatic rings. The van der Waals surface area contributed by atoms with Crippen molar-refractivity contribution in [3.8, 4) is 0 Å². The molecule has 0 aliphatic carbocycles. The molecule has 1 N–H and O–H groups in total. The molecule has 3 nitrogen and oxygen atoms in total. The highest BCUT2D eigenvalue weighted by Crippen LogP contribution is 2.58. The minimum atomic E-state index is -0.900. The van der Waals surface area contributed by atoms with E-state index in [9.17, 15) is 5.11 Å². The molecule has 2 aliphatic rings. The van der Waals surface area contributed by atoms with Gasteiger partial charge in [-0.05, 0) is 53.6 Å². The Kier molecular flexibility index (Phi) is 8.11. The van der Waals surface area contributed by atoms with E-state index >= 15 is 0 Å². The number of nitrogens with zero attached hydrogens (tertiary/aromatic N) is 2. The van der Waals surface area contributed by atoms with Gasteiger partial charge in [-0.3, -0.25) is 9.80 Å². The van der Waals surface area contributed by atoms with Crippen LogP contribution in [0.25, 0.3) is 0 Å². The zero-order valence-corrected chi connectivity index (χ0v) is 25.6. The van der Waals surface area contributed by atoms with Gasteiger partial charge in [0.05, 0.1) is 16.4 Å². The minimum Gasteiger partial charge on any atom is -0.388 e. The molecule has 0 aromatic heterocycles. The summed E-state index contributed by atoms with van der Waals surface area (Å²) in [7, 11) is 0. The van der Waals surface area contributed by atoms with Crippen LogP contribution in [0.4, 0.5) is 0 Å². The Balaban J connectivity index is 1.56. The highest BCUT2D eigenvalue weighted by molar-refractivity contribution is 5.45. The van der Waals surface area contributed by atoms with Crippen molar-refractivity contribution in [3.63, 3.8) is 0 Å². The maximum atomic E-state index is 13.6. The molecule has 6 rings (SSSR count). The van der Waals surface area contributed by atoms with Crippen LogP contribution in [-0.2, 0) is 23.9 Å². The molecule has 218 valence electrons. The summed E-state index contributed by atoms with van der Waals surface area (Å²) in [5.41, 5.74) is 6.11. The monoisotopic (exact) mass is 558 g/mol. The molecular weight excluding hydrogens is 512 g/mol. The number of piperidine rings is 2. The van der Waals surface area contributed by atoms with Crippen molar-refractivity contribution in [1.82, 2.24) is 9.80 Å². The second-order valence-corrected chi connectivity index (χ2v) is 13.0. The topological polar surface area (TPSA) is 26.7 Å². The van der Waals surface area contributed by atoms with Crippen LogP contribution in [0.3, 0.4) is 0 Å². The van der Waals surface area contributed by atoms with E-state index in [4.69, 9.17) is 0 Å². The van der Waals surface area contributed by atoms with Crippen LogP contribution >= 0.6 is 0 Å². The first-order valence-corrected chi connectivity index (χ1v) is 15.8. The summed E-state index contributed by atoms with van der Waals surface area (Å²) in [6.07, 6.45) is 2.87. The van der Waals surface area contributed by atoms with Gasteiger partial charge in [0, 0.05) is 39.3 Å². The van der Waals surface area contributed by atoms with Crippen molar-refractivity contribution < 1.29 is 5.11 Å². The normalized spacial score (nSPS) is 26.3. The largest absolute Gasteiger partial charge is 0.388 e. The molecule has 0 saturated carbocycles. The maximum absolute atomic E-state index is 13.6. The van der Waals surface area contributed by atoms with E-state index in [-0.39, 0.29) is 0 Å². The first-order valence-electron chi connectivity index (χ1n) is 15.8. The third-order valence-electron chi connectivity index (χ3n) is 10.4. The highest BCUT2D eigenvalue weighted by atomic mass is 16.3. The second kappa shape index (κ2) is 11.8. The highest BCUT2D eigenvalue weighted by Gasteiger charge is 2.69. The van der Waals surface area contributed by atoms with Crippen molar-refractivity contribution >= 4 is 0 Å². The molecule has 2 aliphatic heterocycles. The molecular formula is C39H46N2O. The lowest BCUT2D eigenvalue weighted by molar-refractivity contribution is -0.201. The predicted octanol–water partition coefficient (Wildman–Crippen LogP) is 7.43. The van der Waals surface area contributed by atoms with Crippen LogP contribution in [0.2, 0.25) is 0 Å². The van der Waals surface area contributed by atoms with Gasteiger partial charge in [-0.1, -0.05) is 129 Å². The Morgan fingerprint density at radius 2 is 0.952 bits per heavy atom. The molecule has 2 fully saturated rings. The molecule has 0 spiro atoms. The van der Waals surface area contributed by atoms with Crippen molar-refractivity contribution in [2.24, 2.45) is 0 Å². The lowest BCUT2D eigenvalue weighted by atomic mass is 9.47. The smallest absolute Gasteiger partial charge is 0.0889 e. The standard InChI is InChI=1S/C39H46N2O/c1-4-5-24-39(42)37(35-20-8-6-9-21-35)27-40(25-33-18-14-12-16-31(33)2)28-38(39,36-22-10-7-11-23-36)30-41(29-37)26-34-19-15-13-17-32(34)3/h6-23,42H,4-5,24-30H2,1-3H3. The number of likely N-dealkylation sites (tertiary alicyclic amines) is 2. The van der Waals surface area contributed by atoms with E-state index in [0.29, 0.717) is 0 Å². The van der Waals surface area contributed by atoms with Crippen LogP contribution in [-0.4, -0.2) is 46.7 Å². The Morgan fingerprint density at radius 1 is 0.571 bits per heavy atom. The van der Waals surface area contributed by atoms with Gasteiger partial charge in [0.25, 0.3) is 0 Å². The Hall–Kier alpha value is -3.24. The van der Waals surface area contributed by atoms with E-state index in [1.54, 1.807) is 0 Å². The Bertz CT molecular complexity index is 1360. The third-order valence-corrected chi connectivity index (χ3v) is 10.4. The van der Waals surface area contributed by atoms with Crippen LogP contribution in [0.5, 0.6) is 0 Å². The zero-order chi connectivity index (χ0) is 29.2. The fourth-order valence-electron chi connectivity index (χ4n) is 8.27. The Labute approximate surface area is 252 Å². The van der Waals surface area contributed by atoms with E-state index in [1.165, 1.54) is 33.4 Å². The number of unbranched alkanes of at least 4 members (excludes halogenated alkanes) is 1. The molecule has 0 unspecified atom stereocenters. The van der Waals surface area contributed by atoms with Gasteiger partial charge in [-0.15, -0.1) is 0 Å². The van der Waals surface area contributed by atoms with Gasteiger partial charge in [0.1, 0.15) is 0 Å². The first kappa shape index (κ1) is 28.9. The van der Waals surface area contributed by atoms with Crippen molar-refractivity contribution in [2.45, 2.75) is 69.6 Å². The quantitative estimate of drug-likeness (QED) is 0.231. The maximum Gasteiger partial charge on any atom is 0.0889 e. The Morgan fingerprint density at radius 3 is 1.33 bits per heavy atom. The van der Waals surface area contributed by atoms with Crippen LogP contribution in [0.15, 0.2) is 109 Å². The lowest BCUT2D eigenvalue weighted by Gasteiger charge is -2.69. The number of aryl methyl sites for hydroxylation is 2. The van der Waals surface area contributed by atoms with Crippen LogP contribution in [0, 0.1) is 13.8 Å². The molecule has 2 bridgehead atoms. The molecule has 0 amide bonds. The number of hydrogen-bond donors (Lipinski definition) is 1. The summed E-state index contributed by atoms with van der Waals surface area (Å²) in [6, 6.07) is 39.6. The summed E-state index contributed by atoms with van der Waals surface area (Å²) in [5, 5.41) is 13.6. The molecule has 0 radical (unpaired) electrons. The number of hydrogen-bond acceptors (Lipinski definition) is 3. The third kappa shape index (κ3) is 4.92. The van der Waals surface area contributed by atoms with Gasteiger partial charge in [0.2, 0.25) is 0 Å². The average Bonchev–Trinajstić information content (AvgIpc) is 3.00. The molecule has 2 heterocycles. The SMILES string of the molecule is CCCCC1(O)C2(c3ccccc3)CN(Cc3ccccc3C)CC1(c1ccccc1)CN(Cc1ccccc1C)C2. The van der Waals surface area contributed by atoms with E-state index < -0.39 is 16.4 Å². The van der Waals surface area contributed by atoms with E-state index in [0.717, 1.165) is 58.5 Å². The molecule has 3 heteroatoms. The number of rotatable bonds is 9. The minimum absolute atomic E-state index is 0.457. The molecule has 0 atom stereocenters. The fraction of sp³-hybridized carbons (Fsp3) is 0.385. The lowest BCUT2D eigenvalue weighted by Crippen LogP contribution is -2.81. The summed E-state index contributed by atoms with van der Waals surface area (Å²) < 4.78 is 0. The first-order chi connectivity index (χ1) is 20.4. The van der Waals surface area contributed by atoms with Gasteiger partial charge >= 0.3 is 0 Å². The summed E-state index contributed by atoms with van der Waals surface area (Å²) in [6.45, 7) is 11.8. The van der Waals surface area contributed by atoms with Crippen LogP contribution < -0.4 is 0 Å². The predicted molar refractivity (Wildman–Crippen MR) is 174 cm³/mol. The average molecular weight is 559 g/mol.